The average molecular weight is 417 g/mol. The van der Waals surface area contributed by atoms with Crippen LogP contribution in [0.3, 0.4) is 0 Å². The van der Waals surface area contributed by atoms with Crippen molar-refractivity contribution in [1.82, 2.24) is 4.90 Å². The van der Waals surface area contributed by atoms with Crippen LogP contribution in [0.25, 0.3) is 0 Å². The Morgan fingerprint density at radius 1 is 1.08 bits per heavy atom. The number of carbonyl (C=O) groups excluding carboxylic acids is 1. The van der Waals surface area contributed by atoms with Gasteiger partial charge >= 0.3 is 10.1 Å². The number of benzene rings is 2. The summed E-state index contributed by atoms with van der Waals surface area (Å²) in [6.07, 6.45) is 0. The molecule has 0 bridgehead atoms. The molecule has 0 radical (unpaired) electrons. The van der Waals surface area contributed by atoms with Crippen LogP contribution in [0.5, 0.6) is 5.75 Å². The Morgan fingerprint density at radius 2 is 1.69 bits per heavy atom. The second-order valence-corrected chi connectivity index (χ2v) is 8.05. The lowest BCUT2D eigenvalue weighted by molar-refractivity contribution is -0.117. The van der Waals surface area contributed by atoms with E-state index in [9.17, 15) is 13.2 Å². The van der Waals surface area contributed by atoms with E-state index in [2.05, 4.69) is 5.32 Å². The van der Waals surface area contributed by atoms with Crippen LogP contribution in [0.15, 0.2) is 48.5 Å². The fourth-order valence-electron chi connectivity index (χ4n) is 2.05. The zero-order chi connectivity index (χ0) is 19.2. The van der Waals surface area contributed by atoms with Crippen LogP contribution in [0.2, 0.25) is 10.0 Å². The summed E-state index contributed by atoms with van der Waals surface area (Å²) in [7, 11) is -2.12. The molecule has 0 aromatic heterocycles. The number of hydrogen-bond donors (Lipinski definition) is 1. The minimum absolute atomic E-state index is 0.0254. The van der Waals surface area contributed by atoms with Gasteiger partial charge in [-0.25, -0.2) is 0 Å². The number of nitrogens with one attached hydrogen (secondary N) is 1. The summed E-state index contributed by atoms with van der Waals surface area (Å²) in [4.78, 5) is 13.7. The molecular formula is C17H18Cl2N2O4S. The third-order valence-electron chi connectivity index (χ3n) is 3.33. The topological polar surface area (TPSA) is 75.7 Å². The summed E-state index contributed by atoms with van der Waals surface area (Å²) in [5.41, 5.74) is 0.328. The molecule has 2 rings (SSSR count). The lowest BCUT2D eigenvalue weighted by Gasteiger charge is -2.17. The fourth-order valence-corrected chi connectivity index (χ4v) is 3.57. The monoisotopic (exact) mass is 416 g/mol. The maximum Gasteiger partial charge on any atom is 0.310 e. The summed E-state index contributed by atoms with van der Waals surface area (Å²) in [6.45, 7) is 0.0985. The first-order valence-electron chi connectivity index (χ1n) is 7.66. The maximum absolute atomic E-state index is 12.1. The number of anilines is 1. The average Bonchev–Trinajstić information content (AvgIpc) is 2.57. The largest absolute Gasteiger partial charge is 0.382 e. The molecule has 26 heavy (non-hydrogen) atoms. The molecule has 0 saturated heterocycles. The number of nitrogens with zero attached hydrogens (tertiary/aromatic N) is 1. The molecule has 140 valence electrons. The number of hydrogen-bond acceptors (Lipinski definition) is 5. The van der Waals surface area contributed by atoms with Gasteiger partial charge < -0.3 is 9.50 Å². The van der Waals surface area contributed by atoms with E-state index in [1.54, 1.807) is 60.5 Å². The zero-order valence-corrected chi connectivity index (χ0v) is 16.3. The van der Waals surface area contributed by atoms with Gasteiger partial charge in [-0.05, 0) is 31.3 Å². The van der Waals surface area contributed by atoms with Gasteiger partial charge in [0.2, 0.25) is 5.91 Å². The predicted octanol–water partition coefficient (Wildman–Crippen LogP) is 3.27. The molecule has 2 aromatic carbocycles. The van der Waals surface area contributed by atoms with Gasteiger partial charge in [-0.2, -0.15) is 8.42 Å². The first-order valence-corrected chi connectivity index (χ1v) is 10.00. The van der Waals surface area contributed by atoms with Crippen LogP contribution in [0.4, 0.5) is 5.69 Å². The van der Waals surface area contributed by atoms with Crippen molar-refractivity contribution in [1.29, 1.82) is 0 Å². The van der Waals surface area contributed by atoms with Crippen molar-refractivity contribution in [2.45, 2.75) is 0 Å². The van der Waals surface area contributed by atoms with Crippen molar-refractivity contribution in [3.63, 3.8) is 0 Å². The van der Waals surface area contributed by atoms with Crippen LogP contribution in [0.1, 0.15) is 0 Å². The van der Waals surface area contributed by atoms with Gasteiger partial charge in [0.05, 0.1) is 28.0 Å². The molecule has 1 N–H and O–H groups in total. The Morgan fingerprint density at radius 3 is 2.31 bits per heavy atom. The van der Waals surface area contributed by atoms with Gasteiger partial charge in [-0.1, -0.05) is 47.5 Å². The number of likely N-dealkylation sites (N-methyl/N-ethyl adjacent to an activating group) is 1. The van der Waals surface area contributed by atoms with E-state index < -0.39 is 10.1 Å². The molecule has 0 aliphatic rings. The Hall–Kier alpha value is -1.80. The van der Waals surface area contributed by atoms with Crippen molar-refractivity contribution in [2.24, 2.45) is 0 Å². The minimum Gasteiger partial charge on any atom is -0.382 e. The predicted molar refractivity (Wildman–Crippen MR) is 103 cm³/mol. The molecule has 0 aliphatic heterocycles. The highest BCUT2D eigenvalue weighted by molar-refractivity contribution is 7.87. The van der Waals surface area contributed by atoms with Crippen molar-refractivity contribution >= 4 is 44.9 Å². The lowest BCUT2D eigenvalue weighted by Crippen LogP contribution is -2.34. The Balaban J connectivity index is 1.84. The molecule has 9 heteroatoms. The quantitative estimate of drug-likeness (QED) is 0.668. The van der Waals surface area contributed by atoms with Crippen LogP contribution in [-0.2, 0) is 14.9 Å². The van der Waals surface area contributed by atoms with Crippen LogP contribution in [-0.4, -0.2) is 45.1 Å². The molecule has 0 aliphatic carbocycles. The van der Waals surface area contributed by atoms with E-state index in [-0.39, 0.29) is 30.5 Å². The molecule has 2 aromatic rings. The van der Waals surface area contributed by atoms with Crippen molar-refractivity contribution in [2.75, 3.05) is 31.2 Å². The highest BCUT2D eigenvalue weighted by atomic mass is 35.5. The van der Waals surface area contributed by atoms with E-state index in [0.29, 0.717) is 15.7 Å². The summed E-state index contributed by atoms with van der Waals surface area (Å²) in [5.74, 6) is -0.358. The Kier molecular flexibility index (Phi) is 7.28. The van der Waals surface area contributed by atoms with Crippen molar-refractivity contribution < 1.29 is 17.4 Å². The number of amides is 1. The normalized spacial score (nSPS) is 11.4. The summed E-state index contributed by atoms with van der Waals surface area (Å²) in [5, 5.41) is 3.27. The lowest BCUT2D eigenvalue weighted by atomic mass is 10.3. The third kappa shape index (κ3) is 6.49. The van der Waals surface area contributed by atoms with E-state index >= 15 is 0 Å². The molecule has 0 atom stereocenters. The van der Waals surface area contributed by atoms with Crippen molar-refractivity contribution in [3.05, 3.63) is 58.6 Å². The summed E-state index contributed by atoms with van der Waals surface area (Å²) >= 11 is 12.0. The second kappa shape index (κ2) is 9.23. The molecule has 6 nitrogen and oxygen atoms in total. The van der Waals surface area contributed by atoms with Gasteiger partial charge in [0, 0.05) is 6.54 Å². The number of carbonyl (C=O) groups is 1. The first kappa shape index (κ1) is 20.5. The smallest absolute Gasteiger partial charge is 0.310 e. The van der Waals surface area contributed by atoms with Gasteiger partial charge in [-0.15, -0.1) is 0 Å². The van der Waals surface area contributed by atoms with Gasteiger partial charge in [0.1, 0.15) is 5.75 Å². The SMILES string of the molecule is CN(CCS(=O)(=O)Oc1ccccc1)CC(=O)Nc1c(Cl)cccc1Cl. The minimum atomic E-state index is -3.75. The van der Waals surface area contributed by atoms with Crippen LogP contribution in [0, 0.1) is 0 Å². The van der Waals surface area contributed by atoms with E-state index in [1.807, 2.05) is 0 Å². The van der Waals surface area contributed by atoms with Gasteiger partial charge in [-0.3, -0.25) is 9.69 Å². The molecule has 0 heterocycles. The number of para-hydroxylation sites is 2. The standard InChI is InChI=1S/C17H18Cl2N2O4S/c1-21(10-11-26(23,24)25-13-6-3-2-4-7-13)12-16(22)20-17-14(18)8-5-9-15(17)19/h2-9H,10-12H2,1H3,(H,20,22). The van der Waals surface area contributed by atoms with Crippen molar-refractivity contribution in [3.8, 4) is 5.75 Å². The Labute approximate surface area is 162 Å². The molecule has 0 spiro atoms. The molecular weight excluding hydrogens is 399 g/mol. The maximum atomic E-state index is 12.1. The zero-order valence-electron chi connectivity index (χ0n) is 14.0. The second-order valence-electron chi connectivity index (χ2n) is 5.54. The first-order chi connectivity index (χ1) is 12.3. The van der Waals surface area contributed by atoms with E-state index in [4.69, 9.17) is 27.4 Å². The van der Waals surface area contributed by atoms with Crippen LogP contribution >= 0.6 is 23.2 Å². The highest BCUT2D eigenvalue weighted by Crippen LogP contribution is 2.29. The summed E-state index contributed by atoms with van der Waals surface area (Å²) < 4.78 is 29.0. The molecule has 0 fully saturated rings. The van der Waals surface area contributed by atoms with Gasteiger partial charge in [0.25, 0.3) is 0 Å². The molecule has 0 unspecified atom stereocenters. The van der Waals surface area contributed by atoms with Gasteiger partial charge in [0.15, 0.2) is 0 Å². The Bertz CT molecular complexity index is 840. The summed E-state index contributed by atoms with van der Waals surface area (Å²) in [6, 6.07) is 13.1. The number of halogens is 2. The van der Waals surface area contributed by atoms with E-state index in [1.165, 1.54) is 0 Å². The third-order valence-corrected chi connectivity index (χ3v) is 5.09. The number of rotatable bonds is 8. The highest BCUT2D eigenvalue weighted by Gasteiger charge is 2.16. The fraction of sp³-hybridized carbons (Fsp3) is 0.235. The van der Waals surface area contributed by atoms with E-state index in [0.717, 1.165) is 0 Å². The van der Waals surface area contributed by atoms with Crippen LogP contribution < -0.4 is 9.50 Å². The molecule has 1 amide bonds. The molecule has 0 saturated carbocycles.